The molecule has 0 amide bonds. The normalized spacial score (nSPS) is 12.6. The number of rotatable bonds is 3. The molecule has 14 heavy (non-hydrogen) atoms. The van der Waals surface area contributed by atoms with E-state index in [0.717, 1.165) is 5.56 Å². The molecule has 0 aliphatic rings. The molecule has 1 aromatic carbocycles. The van der Waals surface area contributed by atoms with Gasteiger partial charge in [0.15, 0.2) is 0 Å². The van der Waals surface area contributed by atoms with Crippen LogP contribution < -0.4 is 10.5 Å². The zero-order valence-electron chi connectivity index (χ0n) is 8.18. The fraction of sp³-hybridized carbons (Fsp3) is 0.400. The molecule has 0 aliphatic heterocycles. The molecule has 0 aliphatic carbocycles. The van der Waals surface area contributed by atoms with Crippen molar-refractivity contribution in [2.75, 3.05) is 7.11 Å². The van der Waals surface area contributed by atoms with Crippen molar-refractivity contribution in [3.63, 3.8) is 0 Å². The Balaban J connectivity index is 3.11. The number of hydrogen-bond acceptors (Lipinski definition) is 2. The Morgan fingerprint density at radius 2 is 2.07 bits per heavy atom. The molecule has 0 spiro atoms. The van der Waals surface area contributed by atoms with E-state index < -0.39 is 0 Å². The van der Waals surface area contributed by atoms with Crippen LogP contribution in [0.4, 0.5) is 0 Å². The zero-order chi connectivity index (χ0) is 10.7. The smallest absolute Gasteiger partial charge is 0.140 e. The van der Waals surface area contributed by atoms with Gasteiger partial charge in [-0.15, -0.1) is 0 Å². The van der Waals surface area contributed by atoms with Crippen LogP contribution in [0.1, 0.15) is 12.5 Å². The van der Waals surface area contributed by atoms with Crippen LogP contribution in [0.2, 0.25) is 10.0 Å². The Labute approximate surface area is 94.0 Å². The minimum Gasteiger partial charge on any atom is -0.495 e. The molecule has 1 unspecified atom stereocenters. The fourth-order valence-corrected chi connectivity index (χ4v) is 1.95. The third-order valence-electron chi connectivity index (χ3n) is 1.83. The van der Waals surface area contributed by atoms with Gasteiger partial charge in [-0.05, 0) is 31.0 Å². The highest BCUT2D eigenvalue weighted by Gasteiger charge is 2.10. The molecule has 2 N–H and O–H groups in total. The predicted octanol–water partition coefficient (Wildman–Crippen LogP) is 2.89. The van der Waals surface area contributed by atoms with Crippen molar-refractivity contribution in [1.29, 1.82) is 0 Å². The minimum absolute atomic E-state index is 0.0541. The van der Waals surface area contributed by atoms with Crippen LogP contribution >= 0.6 is 23.2 Å². The van der Waals surface area contributed by atoms with E-state index in [2.05, 4.69) is 0 Å². The number of methoxy groups -OCH3 is 1. The van der Waals surface area contributed by atoms with Crippen LogP contribution in [0.25, 0.3) is 0 Å². The van der Waals surface area contributed by atoms with Gasteiger partial charge in [0.2, 0.25) is 0 Å². The molecule has 4 heteroatoms. The zero-order valence-corrected chi connectivity index (χ0v) is 9.69. The fourth-order valence-electron chi connectivity index (χ4n) is 1.34. The van der Waals surface area contributed by atoms with E-state index in [-0.39, 0.29) is 6.04 Å². The van der Waals surface area contributed by atoms with Crippen molar-refractivity contribution in [2.45, 2.75) is 19.4 Å². The number of hydrogen-bond donors (Lipinski definition) is 1. The summed E-state index contributed by atoms with van der Waals surface area (Å²) in [6, 6.07) is 3.54. The molecule has 0 saturated carbocycles. The third-order valence-corrected chi connectivity index (χ3v) is 2.33. The Morgan fingerprint density at radius 3 is 2.57 bits per heavy atom. The standard InChI is InChI=1S/C10H13Cl2NO/c1-6(13)3-7-4-8(11)5-9(12)10(7)14-2/h4-6H,3,13H2,1-2H3. The van der Waals surface area contributed by atoms with E-state index in [1.54, 1.807) is 13.2 Å². The monoisotopic (exact) mass is 233 g/mol. The summed E-state index contributed by atoms with van der Waals surface area (Å²) in [5.41, 5.74) is 6.65. The maximum Gasteiger partial charge on any atom is 0.140 e. The average Bonchev–Trinajstić information content (AvgIpc) is 2.01. The van der Waals surface area contributed by atoms with Gasteiger partial charge in [0.05, 0.1) is 12.1 Å². The Bertz CT molecular complexity index is 326. The first kappa shape index (κ1) is 11.6. The summed E-state index contributed by atoms with van der Waals surface area (Å²) in [6.07, 6.45) is 0.698. The van der Waals surface area contributed by atoms with E-state index in [1.165, 1.54) is 0 Å². The summed E-state index contributed by atoms with van der Waals surface area (Å²) in [5, 5.41) is 1.13. The maximum atomic E-state index is 5.97. The molecule has 1 aromatic rings. The van der Waals surface area contributed by atoms with Crippen molar-refractivity contribution in [3.8, 4) is 5.75 Å². The summed E-state index contributed by atoms with van der Waals surface area (Å²) < 4.78 is 5.19. The second kappa shape index (κ2) is 4.87. The van der Waals surface area contributed by atoms with Crippen LogP contribution in [-0.2, 0) is 6.42 Å². The topological polar surface area (TPSA) is 35.2 Å². The highest BCUT2D eigenvalue weighted by Crippen LogP contribution is 2.32. The summed E-state index contributed by atoms with van der Waals surface area (Å²) >= 11 is 11.8. The van der Waals surface area contributed by atoms with Gasteiger partial charge in [0.1, 0.15) is 5.75 Å². The summed E-state index contributed by atoms with van der Waals surface area (Å²) in [6.45, 7) is 1.92. The van der Waals surface area contributed by atoms with Crippen LogP contribution in [-0.4, -0.2) is 13.2 Å². The lowest BCUT2D eigenvalue weighted by Crippen LogP contribution is -2.18. The highest BCUT2D eigenvalue weighted by atomic mass is 35.5. The Hall–Kier alpha value is -0.440. The molecule has 1 rings (SSSR count). The van der Waals surface area contributed by atoms with E-state index in [4.69, 9.17) is 33.7 Å². The molecular formula is C10H13Cl2NO. The van der Waals surface area contributed by atoms with Crippen molar-refractivity contribution >= 4 is 23.2 Å². The second-order valence-electron chi connectivity index (χ2n) is 3.26. The summed E-state index contributed by atoms with van der Waals surface area (Å²) in [4.78, 5) is 0. The average molecular weight is 234 g/mol. The molecule has 0 saturated heterocycles. The largest absolute Gasteiger partial charge is 0.495 e. The quantitative estimate of drug-likeness (QED) is 0.872. The number of nitrogens with two attached hydrogens (primary N) is 1. The van der Waals surface area contributed by atoms with Crippen molar-refractivity contribution in [2.24, 2.45) is 5.73 Å². The van der Waals surface area contributed by atoms with Gasteiger partial charge in [-0.25, -0.2) is 0 Å². The van der Waals surface area contributed by atoms with Gasteiger partial charge in [-0.2, -0.15) is 0 Å². The summed E-state index contributed by atoms with van der Waals surface area (Å²) in [5.74, 6) is 0.661. The molecule has 2 nitrogen and oxygen atoms in total. The lowest BCUT2D eigenvalue weighted by molar-refractivity contribution is 0.408. The van der Waals surface area contributed by atoms with Crippen LogP contribution in [0, 0.1) is 0 Å². The van der Waals surface area contributed by atoms with E-state index in [1.807, 2.05) is 13.0 Å². The Kier molecular flexibility index (Phi) is 4.05. The van der Waals surface area contributed by atoms with E-state index in [0.29, 0.717) is 22.2 Å². The first-order valence-corrected chi connectivity index (χ1v) is 5.07. The van der Waals surface area contributed by atoms with Crippen LogP contribution in [0.15, 0.2) is 12.1 Å². The number of ether oxygens (including phenoxy) is 1. The maximum absolute atomic E-state index is 5.97. The molecule has 78 valence electrons. The minimum atomic E-state index is 0.0541. The van der Waals surface area contributed by atoms with Crippen LogP contribution in [0.5, 0.6) is 5.75 Å². The van der Waals surface area contributed by atoms with Gasteiger partial charge < -0.3 is 10.5 Å². The van der Waals surface area contributed by atoms with Crippen molar-refractivity contribution < 1.29 is 4.74 Å². The van der Waals surface area contributed by atoms with Gasteiger partial charge in [-0.3, -0.25) is 0 Å². The molecule has 0 aromatic heterocycles. The lowest BCUT2D eigenvalue weighted by atomic mass is 10.1. The molecule has 1 atom stereocenters. The lowest BCUT2D eigenvalue weighted by Gasteiger charge is -2.12. The Morgan fingerprint density at radius 1 is 1.43 bits per heavy atom. The first-order valence-electron chi connectivity index (χ1n) is 4.32. The molecule has 0 radical (unpaired) electrons. The summed E-state index contributed by atoms with van der Waals surface area (Å²) in [7, 11) is 1.58. The SMILES string of the molecule is COc1c(Cl)cc(Cl)cc1CC(C)N. The number of benzene rings is 1. The number of halogens is 2. The predicted molar refractivity (Wildman–Crippen MR) is 60.4 cm³/mol. The van der Waals surface area contributed by atoms with Gasteiger partial charge in [0.25, 0.3) is 0 Å². The van der Waals surface area contributed by atoms with Gasteiger partial charge in [0, 0.05) is 11.1 Å². The molecule has 0 fully saturated rings. The highest BCUT2D eigenvalue weighted by molar-refractivity contribution is 6.35. The molecule has 0 heterocycles. The van der Waals surface area contributed by atoms with Crippen LogP contribution in [0.3, 0.4) is 0 Å². The molecule has 0 bridgehead atoms. The van der Waals surface area contributed by atoms with E-state index in [9.17, 15) is 0 Å². The van der Waals surface area contributed by atoms with Gasteiger partial charge >= 0.3 is 0 Å². The van der Waals surface area contributed by atoms with Crippen molar-refractivity contribution in [3.05, 3.63) is 27.7 Å². The van der Waals surface area contributed by atoms with Crippen molar-refractivity contribution in [1.82, 2.24) is 0 Å². The van der Waals surface area contributed by atoms with E-state index >= 15 is 0 Å². The van der Waals surface area contributed by atoms with Gasteiger partial charge in [-0.1, -0.05) is 23.2 Å². The molecular weight excluding hydrogens is 221 g/mol. The second-order valence-corrected chi connectivity index (χ2v) is 4.11. The third kappa shape index (κ3) is 2.77. The first-order chi connectivity index (χ1) is 6.54.